The lowest BCUT2D eigenvalue weighted by Gasteiger charge is -2.36. The molecular formula is C19H27NO3. The summed E-state index contributed by atoms with van der Waals surface area (Å²) in [6.07, 6.45) is 2.78. The Morgan fingerprint density at radius 3 is 2.30 bits per heavy atom. The van der Waals surface area contributed by atoms with Gasteiger partial charge in [-0.3, -0.25) is 9.59 Å². The van der Waals surface area contributed by atoms with Crippen LogP contribution in [0.25, 0.3) is 0 Å². The number of amides is 1. The zero-order valence-corrected chi connectivity index (χ0v) is 14.2. The predicted molar refractivity (Wildman–Crippen MR) is 89.9 cm³/mol. The van der Waals surface area contributed by atoms with Crippen molar-refractivity contribution in [1.29, 1.82) is 0 Å². The molecule has 0 aliphatic heterocycles. The van der Waals surface area contributed by atoms with Crippen LogP contribution in [0.5, 0.6) is 0 Å². The monoisotopic (exact) mass is 317 g/mol. The predicted octanol–water partition coefficient (Wildman–Crippen LogP) is 3.73. The highest BCUT2D eigenvalue weighted by Crippen LogP contribution is 2.34. The van der Waals surface area contributed by atoms with Crippen molar-refractivity contribution in [3.05, 3.63) is 35.9 Å². The Balaban J connectivity index is 2.14. The van der Waals surface area contributed by atoms with Gasteiger partial charge in [0.15, 0.2) is 0 Å². The van der Waals surface area contributed by atoms with Crippen LogP contribution in [0.2, 0.25) is 0 Å². The lowest BCUT2D eigenvalue weighted by atomic mass is 9.80. The number of rotatable bonds is 5. The quantitative estimate of drug-likeness (QED) is 0.900. The first-order valence-corrected chi connectivity index (χ1v) is 8.46. The maximum absolute atomic E-state index is 12.9. The lowest BCUT2D eigenvalue weighted by Crippen LogP contribution is -2.40. The molecule has 1 aromatic rings. The zero-order valence-electron chi connectivity index (χ0n) is 14.2. The van der Waals surface area contributed by atoms with E-state index in [0.717, 1.165) is 18.4 Å². The van der Waals surface area contributed by atoms with Crippen LogP contribution < -0.4 is 0 Å². The van der Waals surface area contributed by atoms with Gasteiger partial charge in [-0.1, -0.05) is 50.6 Å². The van der Waals surface area contributed by atoms with Gasteiger partial charge in [-0.15, -0.1) is 0 Å². The van der Waals surface area contributed by atoms with E-state index in [2.05, 4.69) is 26.0 Å². The van der Waals surface area contributed by atoms with E-state index in [0.29, 0.717) is 18.8 Å². The summed E-state index contributed by atoms with van der Waals surface area (Å²) in [5.41, 5.74) is 1.13. The molecular weight excluding hydrogens is 290 g/mol. The van der Waals surface area contributed by atoms with E-state index in [1.807, 2.05) is 30.1 Å². The first-order chi connectivity index (χ1) is 10.9. The number of hydrogen-bond acceptors (Lipinski definition) is 2. The number of carboxylic acids is 1. The molecule has 4 nitrogen and oxygen atoms in total. The smallest absolute Gasteiger partial charge is 0.306 e. The molecule has 126 valence electrons. The van der Waals surface area contributed by atoms with Crippen LogP contribution in [0.1, 0.15) is 51.1 Å². The van der Waals surface area contributed by atoms with Crippen molar-refractivity contribution in [3.63, 3.8) is 0 Å². The van der Waals surface area contributed by atoms with Gasteiger partial charge in [0.05, 0.1) is 12.0 Å². The van der Waals surface area contributed by atoms with E-state index >= 15 is 0 Å². The highest BCUT2D eigenvalue weighted by atomic mass is 16.4. The summed E-state index contributed by atoms with van der Waals surface area (Å²) in [6.45, 7) is 4.23. The van der Waals surface area contributed by atoms with Crippen LogP contribution >= 0.6 is 0 Å². The van der Waals surface area contributed by atoms with Crippen LogP contribution in [-0.4, -0.2) is 28.9 Å². The fourth-order valence-corrected chi connectivity index (χ4v) is 3.77. The number of carboxylic acid groups (broad SMARTS) is 1. The van der Waals surface area contributed by atoms with E-state index in [9.17, 15) is 14.7 Å². The molecule has 1 aliphatic rings. The number of aliphatic carboxylic acids is 1. The van der Waals surface area contributed by atoms with Crippen LogP contribution in [0.4, 0.5) is 0 Å². The minimum absolute atomic E-state index is 0.0221. The summed E-state index contributed by atoms with van der Waals surface area (Å²) in [5, 5.41) is 9.23. The van der Waals surface area contributed by atoms with Crippen LogP contribution in [-0.2, 0) is 9.59 Å². The molecule has 1 aliphatic carbocycles. The molecule has 0 saturated heterocycles. The number of carbonyl (C=O) groups excluding carboxylic acids is 1. The van der Waals surface area contributed by atoms with E-state index in [1.54, 1.807) is 0 Å². The summed E-state index contributed by atoms with van der Waals surface area (Å²) in [5.74, 6) is -0.933. The molecule has 1 fully saturated rings. The van der Waals surface area contributed by atoms with E-state index < -0.39 is 5.97 Å². The van der Waals surface area contributed by atoms with Gasteiger partial charge in [-0.05, 0) is 30.7 Å². The first-order valence-electron chi connectivity index (χ1n) is 8.46. The van der Waals surface area contributed by atoms with Crippen LogP contribution in [0, 0.1) is 17.8 Å². The Bertz CT molecular complexity index is 541. The Hall–Kier alpha value is -1.84. The SMILES string of the molecule is CC(C)C(c1ccccc1)N(C)C(=O)C1CCCC(C(=O)O)C1. The van der Waals surface area contributed by atoms with Gasteiger partial charge in [0.1, 0.15) is 0 Å². The van der Waals surface area contributed by atoms with E-state index in [1.165, 1.54) is 0 Å². The maximum Gasteiger partial charge on any atom is 0.306 e. The molecule has 23 heavy (non-hydrogen) atoms. The molecule has 0 heterocycles. The molecule has 0 radical (unpaired) electrons. The normalized spacial score (nSPS) is 22.6. The van der Waals surface area contributed by atoms with Gasteiger partial charge in [0, 0.05) is 13.0 Å². The standard InChI is InChI=1S/C19H27NO3/c1-13(2)17(14-8-5-4-6-9-14)20(3)18(21)15-10-7-11-16(12-15)19(22)23/h4-6,8-9,13,15-17H,7,10-12H2,1-3H3,(H,22,23). The molecule has 1 aromatic carbocycles. The van der Waals surface area contributed by atoms with E-state index in [4.69, 9.17) is 0 Å². The fourth-order valence-electron chi connectivity index (χ4n) is 3.77. The van der Waals surface area contributed by atoms with Crippen molar-refractivity contribution in [3.8, 4) is 0 Å². The topological polar surface area (TPSA) is 57.6 Å². The third-order valence-electron chi connectivity index (χ3n) is 4.91. The van der Waals surface area contributed by atoms with Crippen LogP contribution in [0.15, 0.2) is 30.3 Å². The molecule has 1 amide bonds. The Morgan fingerprint density at radius 2 is 1.74 bits per heavy atom. The van der Waals surface area contributed by atoms with Gasteiger partial charge >= 0.3 is 5.97 Å². The van der Waals surface area contributed by atoms with Crippen molar-refractivity contribution in [2.45, 2.75) is 45.6 Å². The van der Waals surface area contributed by atoms with Crippen molar-refractivity contribution in [2.75, 3.05) is 7.05 Å². The zero-order chi connectivity index (χ0) is 17.0. The molecule has 1 saturated carbocycles. The van der Waals surface area contributed by atoms with Gasteiger partial charge in [-0.25, -0.2) is 0 Å². The van der Waals surface area contributed by atoms with Gasteiger partial charge < -0.3 is 10.0 Å². The fraction of sp³-hybridized carbons (Fsp3) is 0.579. The average molecular weight is 317 g/mol. The second-order valence-electron chi connectivity index (χ2n) is 6.95. The molecule has 3 unspecified atom stereocenters. The Morgan fingerprint density at radius 1 is 1.13 bits per heavy atom. The molecule has 0 bridgehead atoms. The Labute approximate surface area is 138 Å². The summed E-state index contributed by atoms with van der Waals surface area (Å²) in [4.78, 5) is 26.0. The Kier molecular flexibility index (Phi) is 5.80. The number of nitrogens with zero attached hydrogens (tertiary/aromatic N) is 1. The van der Waals surface area contributed by atoms with Gasteiger partial charge in [0.25, 0.3) is 0 Å². The summed E-state index contributed by atoms with van der Waals surface area (Å²) in [7, 11) is 1.85. The highest BCUT2D eigenvalue weighted by molar-refractivity contribution is 5.80. The second kappa shape index (κ2) is 7.62. The van der Waals surface area contributed by atoms with Gasteiger partial charge in [-0.2, -0.15) is 0 Å². The molecule has 0 aromatic heterocycles. The average Bonchev–Trinajstić information content (AvgIpc) is 2.55. The minimum Gasteiger partial charge on any atom is -0.481 e. The highest BCUT2D eigenvalue weighted by Gasteiger charge is 2.35. The number of carbonyl (C=O) groups is 2. The summed E-state index contributed by atoms with van der Waals surface area (Å²) in [6, 6.07) is 10.1. The minimum atomic E-state index is -0.770. The van der Waals surface area contributed by atoms with Crippen molar-refractivity contribution in [2.24, 2.45) is 17.8 Å². The maximum atomic E-state index is 12.9. The molecule has 3 atom stereocenters. The molecule has 0 spiro atoms. The molecule has 1 N–H and O–H groups in total. The summed E-state index contributed by atoms with van der Waals surface area (Å²) >= 11 is 0. The molecule has 2 rings (SSSR count). The third-order valence-corrected chi connectivity index (χ3v) is 4.91. The second-order valence-corrected chi connectivity index (χ2v) is 6.95. The lowest BCUT2D eigenvalue weighted by molar-refractivity contribution is -0.146. The third kappa shape index (κ3) is 4.12. The largest absolute Gasteiger partial charge is 0.481 e. The van der Waals surface area contributed by atoms with Crippen LogP contribution in [0.3, 0.4) is 0 Å². The van der Waals surface area contributed by atoms with Crippen molar-refractivity contribution in [1.82, 2.24) is 4.90 Å². The van der Waals surface area contributed by atoms with Gasteiger partial charge in [0.2, 0.25) is 5.91 Å². The first kappa shape index (κ1) is 17.5. The number of hydrogen-bond donors (Lipinski definition) is 1. The summed E-state index contributed by atoms with van der Waals surface area (Å²) < 4.78 is 0. The number of benzene rings is 1. The molecule has 4 heteroatoms. The van der Waals surface area contributed by atoms with Crippen molar-refractivity contribution < 1.29 is 14.7 Å². The van der Waals surface area contributed by atoms with E-state index in [-0.39, 0.29) is 23.8 Å². The van der Waals surface area contributed by atoms with Crippen molar-refractivity contribution >= 4 is 11.9 Å².